The lowest BCUT2D eigenvalue weighted by Crippen LogP contribution is -2.60. The fourth-order valence-electron chi connectivity index (χ4n) is 2.40. The number of anilines is 1. The Labute approximate surface area is 113 Å². The molecule has 2 heterocycles. The summed E-state index contributed by atoms with van der Waals surface area (Å²) in [5, 5.41) is 3.15. The molecule has 1 aliphatic heterocycles. The highest BCUT2D eigenvalue weighted by atomic mass is 32.1. The van der Waals surface area contributed by atoms with Crippen LogP contribution in [-0.4, -0.2) is 61.9 Å². The van der Waals surface area contributed by atoms with Gasteiger partial charge in [0.25, 0.3) is 0 Å². The maximum absolute atomic E-state index is 5.91. The van der Waals surface area contributed by atoms with Crippen LogP contribution in [0.25, 0.3) is 0 Å². The first-order chi connectivity index (χ1) is 8.69. The number of thiazole rings is 1. The molecule has 102 valence electrons. The fraction of sp³-hybridized carbons (Fsp3) is 0.750. The second-order valence-electron chi connectivity index (χ2n) is 4.92. The Morgan fingerprint density at radius 3 is 2.67 bits per heavy atom. The van der Waals surface area contributed by atoms with Crippen LogP contribution in [0.2, 0.25) is 0 Å². The molecule has 1 saturated heterocycles. The summed E-state index contributed by atoms with van der Waals surface area (Å²) >= 11 is 1.70. The first-order valence-electron chi connectivity index (χ1n) is 6.28. The van der Waals surface area contributed by atoms with Gasteiger partial charge in [-0.05, 0) is 6.92 Å². The van der Waals surface area contributed by atoms with Crippen molar-refractivity contribution in [2.24, 2.45) is 5.73 Å². The molecule has 0 aliphatic carbocycles. The largest absolute Gasteiger partial charge is 0.383 e. The number of hydrogen-bond donors (Lipinski definition) is 1. The van der Waals surface area contributed by atoms with Crippen molar-refractivity contribution in [3.63, 3.8) is 0 Å². The van der Waals surface area contributed by atoms with Gasteiger partial charge in [0.1, 0.15) is 0 Å². The van der Waals surface area contributed by atoms with E-state index in [0.29, 0.717) is 13.2 Å². The number of methoxy groups -OCH3 is 1. The van der Waals surface area contributed by atoms with Crippen molar-refractivity contribution < 1.29 is 4.74 Å². The van der Waals surface area contributed by atoms with E-state index in [4.69, 9.17) is 10.5 Å². The van der Waals surface area contributed by atoms with Gasteiger partial charge in [0.05, 0.1) is 12.1 Å². The Hall–Kier alpha value is -0.690. The summed E-state index contributed by atoms with van der Waals surface area (Å²) in [4.78, 5) is 9.13. The molecular weight excluding hydrogens is 248 g/mol. The zero-order chi connectivity index (χ0) is 13.0. The maximum Gasteiger partial charge on any atom is 0.185 e. The summed E-state index contributed by atoms with van der Waals surface area (Å²) in [7, 11) is 1.74. The summed E-state index contributed by atoms with van der Waals surface area (Å²) in [5.41, 5.74) is 5.86. The number of nitrogens with zero attached hydrogens (tertiary/aromatic N) is 3. The van der Waals surface area contributed by atoms with E-state index in [1.54, 1.807) is 18.4 Å². The number of ether oxygens (including phenoxy) is 1. The molecule has 1 fully saturated rings. The molecule has 18 heavy (non-hydrogen) atoms. The van der Waals surface area contributed by atoms with Crippen LogP contribution in [0.15, 0.2) is 11.6 Å². The lowest BCUT2D eigenvalue weighted by Gasteiger charge is -2.45. The topological polar surface area (TPSA) is 54.6 Å². The molecular formula is C12H22N4OS. The van der Waals surface area contributed by atoms with Crippen molar-refractivity contribution in [3.05, 3.63) is 11.6 Å². The minimum Gasteiger partial charge on any atom is -0.383 e. The quantitative estimate of drug-likeness (QED) is 0.850. The van der Waals surface area contributed by atoms with Gasteiger partial charge in [0.2, 0.25) is 0 Å². The van der Waals surface area contributed by atoms with Crippen LogP contribution in [0, 0.1) is 0 Å². The average Bonchev–Trinajstić information content (AvgIpc) is 2.93. The van der Waals surface area contributed by atoms with E-state index in [2.05, 4.69) is 21.7 Å². The molecule has 0 radical (unpaired) electrons. The molecule has 2 rings (SSSR count). The van der Waals surface area contributed by atoms with Gasteiger partial charge >= 0.3 is 0 Å². The lowest BCUT2D eigenvalue weighted by molar-refractivity contribution is 0.0236. The molecule has 0 aromatic carbocycles. The number of hydrogen-bond acceptors (Lipinski definition) is 6. The first kappa shape index (κ1) is 13.7. The molecule has 6 heteroatoms. The van der Waals surface area contributed by atoms with E-state index in [-0.39, 0.29) is 5.54 Å². The van der Waals surface area contributed by atoms with Crippen LogP contribution in [0.5, 0.6) is 0 Å². The van der Waals surface area contributed by atoms with Crippen LogP contribution in [0.3, 0.4) is 0 Å². The van der Waals surface area contributed by atoms with Crippen molar-refractivity contribution in [3.8, 4) is 0 Å². The minimum absolute atomic E-state index is 0.0519. The van der Waals surface area contributed by atoms with Crippen LogP contribution >= 0.6 is 11.3 Å². The van der Waals surface area contributed by atoms with E-state index < -0.39 is 0 Å². The van der Waals surface area contributed by atoms with Crippen LogP contribution in [0.4, 0.5) is 5.13 Å². The molecule has 1 unspecified atom stereocenters. The number of rotatable bonds is 5. The predicted octanol–water partition coefficient (Wildman–Crippen LogP) is 0.629. The second kappa shape index (κ2) is 5.97. The van der Waals surface area contributed by atoms with E-state index >= 15 is 0 Å². The molecule has 1 aliphatic rings. The maximum atomic E-state index is 5.91. The normalized spacial score (nSPS) is 20.9. The summed E-state index contributed by atoms with van der Waals surface area (Å²) in [6, 6.07) is 0. The fourth-order valence-corrected chi connectivity index (χ4v) is 3.10. The molecule has 5 nitrogen and oxygen atoms in total. The van der Waals surface area contributed by atoms with E-state index in [0.717, 1.165) is 31.3 Å². The van der Waals surface area contributed by atoms with Crippen molar-refractivity contribution in [2.45, 2.75) is 12.5 Å². The first-order valence-corrected chi connectivity index (χ1v) is 7.16. The van der Waals surface area contributed by atoms with E-state index in [9.17, 15) is 0 Å². The number of piperazine rings is 1. The number of nitrogens with two attached hydrogens (primary N) is 1. The van der Waals surface area contributed by atoms with Gasteiger partial charge in [-0.15, -0.1) is 11.3 Å². The molecule has 0 amide bonds. The Morgan fingerprint density at radius 1 is 1.44 bits per heavy atom. The molecule has 1 aromatic rings. The highest BCUT2D eigenvalue weighted by molar-refractivity contribution is 7.13. The van der Waals surface area contributed by atoms with Crippen molar-refractivity contribution in [2.75, 3.05) is 51.3 Å². The van der Waals surface area contributed by atoms with Gasteiger partial charge in [0.15, 0.2) is 5.13 Å². The van der Waals surface area contributed by atoms with Crippen LogP contribution in [-0.2, 0) is 4.74 Å². The predicted molar refractivity (Wildman–Crippen MR) is 75.2 cm³/mol. The average molecular weight is 270 g/mol. The van der Waals surface area contributed by atoms with Gasteiger partial charge in [-0.3, -0.25) is 4.90 Å². The van der Waals surface area contributed by atoms with Crippen LogP contribution < -0.4 is 10.6 Å². The molecule has 0 spiro atoms. The summed E-state index contributed by atoms with van der Waals surface area (Å²) in [5.74, 6) is 0. The van der Waals surface area contributed by atoms with Crippen molar-refractivity contribution >= 4 is 16.5 Å². The monoisotopic (exact) mass is 270 g/mol. The molecule has 0 saturated carbocycles. The SMILES string of the molecule is COCC(C)(CN)N1CCN(c2nccs2)CC1. The second-order valence-corrected chi connectivity index (χ2v) is 5.80. The third kappa shape index (κ3) is 2.83. The van der Waals surface area contributed by atoms with Gasteiger partial charge in [-0.1, -0.05) is 0 Å². The Balaban J connectivity index is 1.93. The Bertz CT molecular complexity index is 351. The van der Waals surface area contributed by atoms with E-state index in [1.165, 1.54) is 0 Å². The van der Waals surface area contributed by atoms with Gasteiger partial charge in [0, 0.05) is 51.4 Å². The highest BCUT2D eigenvalue weighted by Crippen LogP contribution is 2.22. The van der Waals surface area contributed by atoms with E-state index in [1.807, 2.05) is 11.6 Å². The number of aromatic nitrogens is 1. The standard InChI is InChI=1S/C12H22N4OS/c1-12(9-13,10-17-2)16-6-4-15(5-7-16)11-14-3-8-18-11/h3,8H,4-7,9-10,13H2,1-2H3. The minimum atomic E-state index is -0.0519. The van der Waals surface area contributed by atoms with Crippen LogP contribution in [0.1, 0.15) is 6.92 Å². The summed E-state index contributed by atoms with van der Waals surface area (Å²) in [6.07, 6.45) is 1.86. The lowest BCUT2D eigenvalue weighted by atomic mass is 10.00. The summed E-state index contributed by atoms with van der Waals surface area (Å²) in [6.45, 7) is 7.52. The smallest absolute Gasteiger partial charge is 0.185 e. The zero-order valence-corrected chi connectivity index (χ0v) is 11.9. The molecule has 2 N–H and O–H groups in total. The summed E-state index contributed by atoms with van der Waals surface area (Å²) < 4.78 is 5.30. The molecule has 1 atom stereocenters. The Morgan fingerprint density at radius 2 is 2.17 bits per heavy atom. The van der Waals surface area contributed by atoms with Crippen molar-refractivity contribution in [1.29, 1.82) is 0 Å². The Kier molecular flexibility index (Phi) is 4.55. The third-order valence-corrected chi connectivity index (χ3v) is 4.46. The van der Waals surface area contributed by atoms with Gasteiger partial charge in [-0.2, -0.15) is 0 Å². The van der Waals surface area contributed by atoms with Crippen molar-refractivity contribution in [1.82, 2.24) is 9.88 Å². The van der Waals surface area contributed by atoms with Gasteiger partial charge < -0.3 is 15.4 Å². The third-order valence-electron chi connectivity index (χ3n) is 3.63. The molecule has 0 bridgehead atoms. The molecule has 1 aromatic heterocycles. The highest BCUT2D eigenvalue weighted by Gasteiger charge is 2.33. The van der Waals surface area contributed by atoms with Gasteiger partial charge in [-0.25, -0.2) is 4.98 Å². The zero-order valence-electron chi connectivity index (χ0n) is 11.1.